The molecular formula is C11H10F2N2O. The van der Waals surface area contributed by atoms with Crippen LogP contribution in [0.4, 0.5) is 14.5 Å². The van der Waals surface area contributed by atoms with Crippen LogP contribution in [0.1, 0.15) is 11.6 Å². The lowest BCUT2D eigenvalue weighted by Crippen LogP contribution is -2.27. The van der Waals surface area contributed by atoms with E-state index in [1.165, 1.54) is 0 Å². The van der Waals surface area contributed by atoms with Crippen LogP contribution in [0.2, 0.25) is 0 Å². The number of fused-ring (bicyclic) bond motifs is 1. The molecule has 0 aromatic heterocycles. The van der Waals surface area contributed by atoms with Gasteiger partial charge in [-0.05, 0) is 6.07 Å². The lowest BCUT2D eigenvalue weighted by molar-refractivity contribution is -0.117. The minimum atomic E-state index is -0.758. The average Bonchev–Trinajstić information content (AvgIpc) is 2.53. The van der Waals surface area contributed by atoms with E-state index in [1.54, 1.807) is 6.08 Å². The van der Waals surface area contributed by atoms with Gasteiger partial charge in [0, 0.05) is 18.2 Å². The van der Waals surface area contributed by atoms with Crippen LogP contribution in [0, 0.1) is 11.6 Å². The normalized spacial score (nSPS) is 18.1. The van der Waals surface area contributed by atoms with Crippen molar-refractivity contribution in [3.8, 4) is 0 Å². The third kappa shape index (κ3) is 1.69. The minimum Gasteiger partial charge on any atom is -0.322 e. The number of amides is 1. The number of anilines is 1. The Kier molecular flexibility index (Phi) is 2.70. The lowest BCUT2D eigenvalue weighted by atomic mass is 10.1. The highest BCUT2D eigenvalue weighted by atomic mass is 19.1. The quantitative estimate of drug-likeness (QED) is 0.768. The van der Waals surface area contributed by atoms with Gasteiger partial charge < -0.3 is 5.32 Å². The Morgan fingerprint density at radius 1 is 1.50 bits per heavy atom. The smallest absolute Gasteiger partial charge is 0.246 e. The Labute approximate surface area is 91.2 Å². The lowest BCUT2D eigenvalue weighted by Gasteiger charge is -2.09. The standard InChI is InChI=1S/C11H10F2N2O/c1-2-3-14-10-7-4-6(12)5-8(13)9(7)15-11(10)16/h2,4-5,10,14H,1,3H2,(H,15,16). The van der Waals surface area contributed by atoms with Gasteiger partial charge in [-0.3, -0.25) is 10.1 Å². The molecule has 1 aromatic rings. The summed E-state index contributed by atoms with van der Waals surface area (Å²) in [6, 6.07) is 1.17. The molecule has 2 N–H and O–H groups in total. The van der Waals surface area contributed by atoms with Gasteiger partial charge in [0.15, 0.2) is 0 Å². The second-order valence-corrected chi connectivity index (χ2v) is 3.47. The summed E-state index contributed by atoms with van der Waals surface area (Å²) in [5.41, 5.74) is 0.345. The van der Waals surface area contributed by atoms with Crippen molar-refractivity contribution < 1.29 is 13.6 Å². The molecule has 1 aliphatic heterocycles. The number of benzene rings is 1. The molecule has 1 aromatic carbocycles. The maximum atomic E-state index is 13.3. The van der Waals surface area contributed by atoms with Crippen LogP contribution in [-0.4, -0.2) is 12.5 Å². The van der Waals surface area contributed by atoms with Gasteiger partial charge >= 0.3 is 0 Å². The SMILES string of the molecule is C=CCNC1C(=O)Nc2c(F)cc(F)cc21. The van der Waals surface area contributed by atoms with Gasteiger partial charge in [0.25, 0.3) is 0 Å². The van der Waals surface area contributed by atoms with Gasteiger partial charge in [-0.25, -0.2) is 8.78 Å². The van der Waals surface area contributed by atoms with E-state index in [2.05, 4.69) is 17.2 Å². The van der Waals surface area contributed by atoms with Crippen molar-refractivity contribution in [3.05, 3.63) is 42.0 Å². The highest BCUT2D eigenvalue weighted by molar-refractivity contribution is 6.02. The van der Waals surface area contributed by atoms with Crippen LogP contribution in [-0.2, 0) is 4.79 Å². The molecule has 0 bridgehead atoms. The predicted molar refractivity (Wildman–Crippen MR) is 55.9 cm³/mol. The van der Waals surface area contributed by atoms with E-state index in [0.717, 1.165) is 12.1 Å². The predicted octanol–water partition coefficient (Wildman–Crippen LogP) is 1.73. The van der Waals surface area contributed by atoms with Crippen molar-refractivity contribution >= 4 is 11.6 Å². The Hall–Kier alpha value is -1.75. The van der Waals surface area contributed by atoms with Gasteiger partial charge in [0.2, 0.25) is 5.91 Å². The molecule has 1 amide bonds. The molecule has 1 aliphatic rings. The molecule has 1 atom stereocenters. The molecule has 16 heavy (non-hydrogen) atoms. The molecule has 0 saturated heterocycles. The van der Waals surface area contributed by atoms with E-state index in [0.29, 0.717) is 12.1 Å². The summed E-state index contributed by atoms with van der Waals surface area (Å²) in [7, 11) is 0. The summed E-state index contributed by atoms with van der Waals surface area (Å²) < 4.78 is 26.3. The summed E-state index contributed by atoms with van der Waals surface area (Å²) in [6.07, 6.45) is 1.57. The molecule has 0 saturated carbocycles. The van der Waals surface area contributed by atoms with Crippen LogP contribution in [0.25, 0.3) is 0 Å². The van der Waals surface area contributed by atoms with E-state index < -0.39 is 17.7 Å². The Bertz CT molecular complexity index is 460. The number of carbonyl (C=O) groups is 1. The van der Waals surface area contributed by atoms with E-state index in [9.17, 15) is 13.6 Å². The number of halogens is 2. The van der Waals surface area contributed by atoms with Crippen molar-refractivity contribution in [3.63, 3.8) is 0 Å². The van der Waals surface area contributed by atoms with E-state index in [-0.39, 0.29) is 11.6 Å². The largest absolute Gasteiger partial charge is 0.322 e. The maximum Gasteiger partial charge on any atom is 0.246 e. The summed E-state index contributed by atoms with van der Waals surface area (Å²) in [5, 5.41) is 5.20. The second kappa shape index (κ2) is 4.02. The van der Waals surface area contributed by atoms with Gasteiger partial charge in [0.05, 0.1) is 5.69 Å². The molecule has 0 radical (unpaired) electrons. The monoisotopic (exact) mass is 224 g/mol. The first-order valence-electron chi connectivity index (χ1n) is 4.77. The number of hydrogen-bond donors (Lipinski definition) is 2. The second-order valence-electron chi connectivity index (χ2n) is 3.47. The molecule has 3 nitrogen and oxygen atoms in total. The fourth-order valence-corrected chi connectivity index (χ4v) is 1.69. The number of hydrogen-bond acceptors (Lipinski definition) is 2. The topological polar surface area (TPSA) is 41.1 Å². The first kappa shape index (κ1) is 10.8. The summed E-state index contributed by atoms with van der Waals surface area (Å²) >= 11 is 0. The zero-order valence-electron chi connectivity index (χ0n) is 8.39. The van der Waals surface area contributed by atoms with Gasteiger partial charge in [0.1, 0.15) is 17.7 Å². The number of rotatable bonds is 3. The van der Waals surface area contributed by atoms with Gasteiger partial charge in [-0.2, -0.15) is 0 Å². The minimum absolute atomic E-state index is 0.0490. The zero-order chi connectivity index (χ0) is 11.7. The molecule has 84 valence electrons. The molecular weight excluding hydrogens is 214 g/mol. The van der Waals surface area contributed by atoms with E-state index in [1.807, 2.05) is 0 Å². The third-order valence-electron chi connectivity index (χ3n) is 2.37. The number of carbonyl (C=O) groups excluding carboxylic acids is 1. The Balaban J connectivity index is 2.39. The average molecular weight is 224 g/mol. The number of nitrogens with one attached hydrogen (secondary N) is 2. The fraction of sp³-hybridized carbons (Fsp3) is 0.182. The first-order valence-corrected chi connectivity index (χ1v) is 4.77. The van der Waals surface area contributed by atoms with Gasteiger partial charge in [-0.1, -0.05) is 6.08 Å². The molecule has 1 unspecified atom stereocenters. The summed E-state index contributed by atoms with van der Waals surface area (Å²) in [4.78, 5) is 11.5. The Morgan fingerprint density at radius 3 is 2.94 bits per heavy atom. The molecule has 5 heteroatoms. The van der Waals surface area contributed by atoms with Crippen LogP contribution in [0.15, 0.2) is 24.8 Å². The van der Waals surface area contributed by atoms with Crippen molar-refractivity contribution in [2.75, 3.05) is 11.9 Å². The molecule has 2 rings (SSSR count). The van der Waals surface area contributed by atoms with Crippen molar-refractivity contribution in [2.45, 2.75) is 6.04 Å². The third-order valence-corrected chi connectivity index (χ3v) is 2.37. The van der Waals surface area contributed by atoms with Crippen LogP contribution in [0.3, 0.4) is 0 Å². The molecule has 1 heterocycles. The van der Waals surface area contributed by atoms with Crippen LogP contribution in [0.5, 0.6) is 0 Å². The van der Waals surface area contributed by atoms with Crippen molar-refractivity contribution in [1.29, 1.82) is 0 Å². The first-order chi connectivity index (χ1) is 7.63. The molecule has 0 aliphatic carbocycles. The van der Waals surface area contributed by atoms with E-state index in [4.69, 9.17) is 0 Å². The zero-order valence-corrected chi connectivity index (χ0v) is 8.39. The van der Waals surface area contributed by atoms with E-state index >= 15 is 0 Å². The van der Waals surface area contributed by atoms with Crippen LogP contribution < -0.4 is 10.6 Å². The maximum absolute atomic E-state index is 13.3. The van der Waals surface area contributed by atoms with Crippen molar-refractivity contribution in [1.82, 2.24) is 5.32 Å². The van der Waals surface area contributed by atoms with Gasteiger partial charge in [-0.15, -0.1) is 6.58 Å². The summed E-state index contributed by atoms with van der Waals surface area (Å²) in [5.74, 6) is -1.84. The fourth-order valence-electron chi connectivity index (χ4n) is 1.69. The molecule has 0 fully saturated rings. The highest BCUT2D eigenvalue weighted by Crippen LogP contribution is 2.33. The van der Waals surface area contributed by atoms with Crippen LogP contribution >= 0.6 is 0 Å². The Morgan fingerprint density at radius 2 is 2.25 bits per heavy atom. The van der Waals surface area contributed by atoms with Crippen molar-refractivity contribution in [2.24, 2.45) is 0 Å². The summed E-state index contributed by atoms with van der Waals surface area (Å²) in [6.45, 7) is 3.88. The molecule has 0 spiro atoms. The highest BCUT2D eigenvalue weighted by Gasteiger charge is 2.32.